The summed E-state index contributed by atoms with van der Waals surface area (Å²) >= 11 is 5.88. The lowest BCUT2D eigenvalue weighted by molar-refractivity contribution is 0.0959. The van der Waals surface area contributed by atoms with Gasteiger partial charge < -0.3 is 5.32 Å². The molecule has 0 saturated heterocycles. The van der Waals surface area contributed by atoms with Crippen LogP contribution in [0.25, 0.3) is 16.7 Å². The van der Waals surface area contributed by atoms with E-state index in [0.29, 0.717) is 17.1 Å². The predicted octanol–water partition coefficient (Wildman–Crippen LogP) is 4.08. The number of aromatic nitrogens is 3. The van der Waals surface area contributed by atoms with Gasteiger partial charge in [0.2, 0.25) is 5.43 Å². The van der Waals surface area contributed by atoms with Crippen LogP contribution in [0.3, 0.4) is 0 Å². The fourth-order valence-corrected chi connectivity index (χ4v) is 3.10. The Bertz CT molecular complexity index is 1380. The number of benzene rings is 1. The molecule has 7 nitrogen and oxygen atoms in total. The Morgan fingerprint density at radius 3 is 2.66 bits per heavy atom. The Morgan fingerprint density at radius 2 is 2.03 bits per heavy atom. The zero-order valence-electron chi connectivity index (χ0n) is 18.0. The van der Waals surface area contributed by atoms with Crippen molar-refractivity contribution in [3.05, 3.63) is 86.7 Å². The maximum atomic E-state index is 14.7. The van der Waals surface area contributed by atoms with Crippen molar-refractivity contribution in [2.45, 2.75) is 20.8 Å². The number of aryl methyl sites for hydroxylation is 2. The number of hydrogen-bond donors (Lipinski definition) is 1. The first kappa shape index (κ1) is 23.0. The van der Waals surface area contributed by atoms with Crippen molar-refractivity contribution in [2.24, 2.45) is 4.99 Å². The van der Waals surface area contributed by atoms with Crippen molar-refractivity contribution >= 4 is 34.3 Å². The van der Waals surface area contributed by atoms with Gasteiger partial charge in [0.1, 0.15) is 17.0 Å². The van der Waals surface area contributed by atoms with Crippen LogP contribution >= 0.6 is 11.6 Å². The maximum Gasteiger partial charge on any atom is 0.280 e. The number of amides is 1. The number of halogens is 2. The second kappa shape index (κ2) is 9.23. The Morgan fingerprint density at radius 1 is 1.31 bits per heavy atom. The topological polar surface area (TPSA) is 89.2 Å². The summed E-state index contributed by atoms with van der Waals surface area (Å²) in [6.45, 7) is 8.96. The van der Waals surface area contributed by atoms with Crippen LogP contribution in [-0.4, -0.2) is 33.4 Å². The number of nitrogens with one attached hydrogen (secondary N) is 1. The molecular weight excluding hydrogens is 433 g/mol. The molecule has 3 aromatic rings. The van der Waals surface area contributed by atoms with E-state index in [1.54, 1.807) is 33.0 Å². The summed E-state index contributed by atoms with van der Waals surface area (Å²) in [4.78, 5) is 34.4. The number of pyridine rings is 1. The van der Waals surface area contributed by atoms with Gasteiger partial charge in [-0.15, -0.1) is 0 Å². The van der Waals surface area contributed by atoms with E-state index >= 15 is 0 Å². The van der Waals surface area contributed by atoms with Crippen molar-refractivity contribution in [2.75, 3.05) is 7.05 Å². The van der Waals surface area contributed by atoms with E-state index in [1.807, 2.05) is 6.92 Å². The van der Waals surface area contributed by atoms with Crippen molar-refractivity contribution < 1.29 is 9.18 Å². The smallest absolute Gasteiger partial charge is 0.280 e. The fraction of sp³-hybridized carbons (Fsp3) is 0.174. The third-order valence-corrected chi connectivity index (χ3v) is 5.09. The molecule has 0 saturated carbocycles. The molecule has 1 aromatic carbocycles. The molecule has 0 spiro atoms. The van der Waals surface area contributed by atoms with Crippen LogP contribution in [0.15, 0.2) is 58.5 Å². The molecule has 9 heteroatoms. The van der Waals surface area contributed by atoms with Crippen molar-refractivity contribution in [3.8, 4) is 5.69 Å². The Labute approximate surface area is 189 Å². The Balaban J connectivity index is 2.28. The molecule has 164 valence electrons. The SMILES string of the molecule is C=C/C(=C\C(C)=NC)NC(=O)c1nn(-c2ccc(Cl)cc2F)c2cc(C)c(C)nc2c1=O. The van der Waals surface area contributed by atoms with Crippen LogP contribution in [-0.2, 0) is 0 Å². The van der Waals surface area contributed by atoms with Gasteiger partial charge in [0, 0.05) is 29.2 Å². The molecule has 0 aliphatic heterocycles. The number of fused-ring (bicyclic) bond motifs is 1. The third kappa shape index (κ3) is 4.50. The van der Waals surface area contributed by atoms with Gasteiger partial charge in [-0.05, 0) is 62.8 Å². The molecule has 2 heterocycles. The second-order valence-electron chi connectivity index (χ2n) is 7.07. The van der Waals surface area contributed by atoms with E-state index in [-0.39, 0.29) is 21.7 Å². The molecule has 0 aliphatic carbocycles. The van der Waals surface area contributed by atoms with Gasteiger partial charge in [-0.25, -0.2) is 14.1 Å². The molecule has 0 radical (unpaired) electrons. The van der Waals surface area contributed by atoms with Crippen molar-refractivity contribution in [3.63, 3.8) is 0 Å². The zero-order chi connectivity index (χ0) is 23.6. The van der Waals surface area contributed by atoms with E-state index in [2.05, 4.69) is 27.0 Å². The van der Waals surface area contributed by atoms with E-state index in [9.17, 15) is 14.0 Å². The minimum atomic E-state index is -0.782. The Hall–Kier alpha value is -3.65. The summed E-state index contributed by atoms with van der Waals surface area (Å²) in [6.07, 6.45) is 3.01. The lowest BCUT2D eigenvalue weighted by Gasteiger charge is -2.14. The van der Waals surface area contributed by atoms with Crippen LogP contribution in [0.1, 0.15) is 28.7 Å². The van der Waals surface area contributed by atoms with Gasteiger partial charge in [0.05, 0.1) is 5.52 Å². The number of nitrogens with zero attached hydrogens (tertiary/aromatic N) is 4. The van der Waals surface area contributed by atoms with E-state index in [0.717, 1.165) is 11.6 Å². The summed E-state index contributed by atoms with van der Waals surface area (Å²) in [5.74, 6) is -1.45. The third-order valence-electron chi connectivity index (χ3n) is 4.85. The number of rotatable bonds is 5. The molecule has 0 bridgehead atoms. The second-order valence-corrected chi connectivity index (χ2v) is 7.50. The fourth-order valence-electron chi connectivity index (χ4n) is 2.94. The number of hydrogen-bond acceptors (Lipinski definition) is 5. The molecule has 0 atom stereocenters. The normalized spacial score (nSPS) is 12.2. The van der Waals surface area contributed by atoms with Crippen molar-refractivity contribution in [1.82, 2.24) is 20.1 Å². The van der Waals surface area contributed by atoms with Gasteiger partial charge >= 0.3 is 0 Å². The van der Waals surface area contributed by atoms with E-state index in [1.165, 1.54) is 22.9 Å². The molecule has 32 heavy (non-hydrogen) atoms. The van der Waals surface area contributed by atoms with E-state index < -0.39 is 22.8 Å². The monoisotopic (exact) mass is 453 g/mol. The molecule has 0 aliphatic rings. The highest BCUT2D eigenvalue weighted by Gasteiger charge is 2.21. The van der Waals surface area contributed by atoms with Crippen LogP contribution < -0.4 is 10.7 Å². The predicted molar refractivity (Wildman–Crippen MR) is 124 cm³/mol. The maximum absolute atomic E-state index is 14.7. The lowest BCUT2D eigenvalue weighted by atomic mass is 10.1. The minimum Gasteiger partial charge on any atom is -0.320 e. The quantitative estimate of drug-likeness (QED) is 0.465. The number of aliphatic imine (C=N–C) groups is 1. The molecule has 1 N–H and O–H groups in total. The molecule has 1 amide bonds. The van der Waals surface area contributed by atoms with Crippen LogP contribution in [0, 0.1) is 19.7 Å². The highest BCUT2D eigenvalue weighted by molar-refractivity contribution is 6.30. The molecule has 0 fully saturated rings. The minimum absolute atomic E-state index is 0.00182. The number of carbonyl (C=O) groups excluding carboxylic acids is 1. The summed E-state index contributed by atoms with van der Waals surface area (Å²) < 4.78 is 15.9. The highest BCUT2D eigenvalue weighted by atomic mass is 35.5. The standard InChI is InChI=1S/C23H21ClFN5O2/c1-6-16(10-13(3)26-5)28-23(32)21-22(31)20-19(9-12(2)14(4)27-20)30(29-21)18-8-7-15(24)11-17(18)25/h6-11H,1H2,2-5H3,(H,28,32)/b16-10+,26-13?. The first-order chi connectivity index (χ1) is 15.2. The first-order valence-electron chi connectivity index (χ1n) is 9.61. The van der Waals surface area contributed by atoms with E-state index in [4.69, 9.17) is 11.6 Å². The summed E-state index contributed by atoms with van der Waals surface area (Å²) in [7, 11) is 1.61. The summed E-state index contributed by atoms with van der Waals surface area (Å²) in [6, 6.07) is 5.72. The molecule has 0 unspecified atom stereocenters. The first-order valence-corrected chi connectivity index (χ1v) is 9.99. The molecule has 3 rings (SSSR count). The highest BCUT2D eigenvalue weighted by Crippen LogP contribution is 2.22. The van der Waals surface area contributed by atoms with Gasteiger partial charge in [-0.3, -0.25) is 14.6 Å². The lowest BCUT2D eigenvalue weighted by Crippen LogP contribution is -2.32. The molecule has 2 aromatic heterocycles. The van der Waals surface area contributed by atoms with Gasteiger partial charge in [-0.1, -0.05) is 18.2 Å². The average Bonchev–Trinajstić information content (AvgIpc) is 2.75. The van der Waals surface area contributed by atoms with Gasteiger partial charge in [0.15, 0.2) is 5.69 Å². The van der Waals surface area contributed by atoms with Crippen LogP contribution in [0.4, 0.5) is 4.39 Å². The number of allylic oxidation sites excluding steroid dienone is 2. The summed E-state index contributed by atoms with van der Waals surface area (Å²) in [5.41, 5.74) is 1.53. The Kier molecular flexibility index (Phi) is 6.64. The largest absolute Gasteiger partial charge is 0.320 e. The van der Waals surface area contributed by atoms with Gasteiger partial charge in [0.25, 0.3) is 5.91 Å². The average molecular weight is 454 g/mol. The van der Waals surface area contributed by atoms with Crippen LogP contribution in [0.5, 0.6) is 0 Å². The number of carbonyl (C=O) groups is 1. The van der Waals surface area contributed by atoms with Gasteiger partial charge in [-0.2, -0.15) is 5.10 Å². The molecular formula is C23H21ClFN5O2. The van der Waals surface area contributed by atoms with Crippen LogP contribution in [0.2, 0.25) is 5.02 Å². The zero-order valence-corrected chi connectivity index (χ0v) is 18.8. The summed E-state index contributed by atoms with van der Waals surface area (Å²) in [5, 5.41) is 6.99. The van der Waals surface area contributed by atoms with Crippen molar-refractivity contribution in [1.29, 1.82) is 0 Å².